The van der Waals surface area contributed by atoms with Crippen LogP contribution >= 0.6 is 15.9 Å². The molecular weight excluding hydrogens is 410 g/mol. The zero-order valence-corrected chi connectivity index (χ0v) is 17.5. The van der Waals surface area contributed by atoms with E-state index in [1.54, 1.807) is 11.0 Å². The van der Waals surface area contributed by atoms with Crippen LogP contribution in [0.3, 0.4) is 0 Å². The molecule has 4 rings (SSSR count). The molecule has 9 heteroatoms. The standard InChI is InChI=1S/C18H26BrN7O/c1-13(18(27)26-6-4-3-5-7-26)24-8-10-25(11-9-24)17-14-15(19)22-23(2)16(14)20-12-21-17/h12-13H,3-11H2,1-2H3. The fourth-order valence-corrected chi connectivity index (χ4v) is 4.71. The van der Waals surface area contributed by atoms with Crippen LogP contribution in [0.15, 0.2) is 10.9 Å². The lowest BCUT2D eigenvalue weighted by molar-refractivity contribution is -0.137. The number of carbonyl (C=O) groups excluding carboxylic acids is 1. The number of piperazine rings is 1. The maximum atomic E-state index is 12.8. The van der Waals surface area contributed by atoms with Crippen molar-refractivity contribution < 1.29 is 4.79 Å². The molecule has 0 saturated carbocycles. The summed E-state index contributed by atoms with van der Waals surface area (Å²) >= 11 is 3.53. The van der Waals surface area contributed by atoms with E-state index < -0.39 is 0 Å². The first-order chi connectivity index (χ1) is 13.1. The molecule has 0 spiro atoms. The summed E-state index contributed by atoms with van der Waals surface area (Å²) in [5.74, 6) is 1.19. The third-order valence-corrected chi connectivity index (χ3v) is 6.30. The van der Waals surface area contributed by atoms with Crippen molar-refractivity contribution in [3.63, 3.8) is 0 Å². The van der Waals surface area contributed by atoms with Crippen molar-refractivity contribution in [3.8, 4) is 0 Å². The predicted molar refractivity (Wildman–Crippen MR) is 108 cm³/mol. The number of nitrogens with zero attached hydrogens (tertiary/aromatic N) is 7. The summed E-state index contributed by atoms with van der Waals surface area (Å²) < 4.78 is 2.53. The highest BCUT2D eigenvalue weighted by atomic mass is 79.9. The van der Waals surface area contributed by atoms with Gasteiger partial charge in [0.05, 0.1) is 11.4 Å². The Hall–Kier alpha value is -1.74. The summed E-state index contributed by atoms with van der Waals surface area (Å²) in [6.45, 7) is 7.26. The molecule has 1 amide bonds. The summed E-state index contributed by atoms with van der Waals surface area (Å²) in [4.78, 5) is 28.3. The van der Waals surface area contributed by atoms with Gasteiger partial charge in [0.1, 0.15) is 16.7 Å². The van der Waals surface area contributed by atoms with Gasteiger partial charge in [0.25, 0.3) is 0 Å². The number of aromatic nitrogens is 4. The molecule has 2 saturated heterocycles. The second-order valence-corrected chi connectivity index (χ2v) is 8.15. The largest absolute Gasteiger partial charge is 0.353 e. The third kappa shape index (κ3) is 3.54. The Labute approximate surface area is 167 Å². The highest BCUT2D eigenvalue weighted by Crippen LogP contribution is 2.30. The van der Waals surface area contributed by atoms with E-state index in [2.05, 4.69) is 40.8 Å². The van der Waals surface area contributed by atoms with Crippen LogP contribution in [-0.4, -0.2) is 80.8 Å². The van der Waals surface area contributed by atoms with Gasteiger partial charge in [-0.05, 0) is 42.1 Å². The Balaban J connectivity index is 1.44. The number of hydrogen-bond acceptors (Lipinski definition) is 6. The second-order valence-electron chi connectivity index (χ2n) is 7.40. The molecule has 2 fully saturated rings. The molecule has 0 aromatic carbocycles. The molecule has 2 aromatic heterocycles. The highest BCUT2D eigenvalue weighted by molar-refractivity contribution is 9.10. The molecule has 0 radical (unpaired) electrons. The average molecular weight is 436 g/mol. The van der Waals surface area contributed by atoms with Crippen molar-refractivity contribution in [2.75, 3.05) is 44.2 Å². The van der Waals surface area contributed by atoms with Crippen LogP contribution in [0.25, 0.3) is 11.0 Å². The minimum absolute atomic E-state index is 0.0548. The monoisotopic (exact) mass is 435 g/mol. The lowest BCUT2D eigenvalue weighted by atomic mass is 10.1. The van der Waals surface area contributed by atoms with E-state index in [1.807, 2.05) is 18.9 Å². The third-order valence-electron chi connectivity index (χ3n) is 5.74. The number of anilines is 1. The van der Waals surface area contributed by atoms with E-state index in [0.717, 1.165) is 73.6 Å². The van der Waals surface area contributed by atoms with Gasteiger partial charge in [-0.15, -0.1) is 0 Å². The molecule has 0 bridgehead atoms. The van der Waals surface area contributed by atoms with Crippen molar-refractivity contribution in [2.45, 2.75) is 32.2 Å². The molecule has 2 aromatic rings. The molecule has 8 nitrogen and oxygen atoms in total. The van der Waals surface area contributed by atoms with E-state index in [0.29, 0.717) is 0 Å². The van der Waals surface area contributed by atoms with Gasteiger partial charge in [0.15, 0.2) is 5.65 Å². The smallest absolute Gasteiger partial charge is 0.239 e. The molecule has 0 aliphatic carbocycles. The van der Waals surface area contributed by atoms with Crippen molar-refractivity contribution in [1.82, 2.24) is 29.5 Å². The van der Waals surface area contributed by atoms with Crippen LogP contribution in [0.1, 0.15) is 26.2 Å². The SMILES string of the molecule is CC(C(=O)N1CCCCC1)N1CCN(c2ncnc3c2c(Br)nn3C)CC1. The Bertz CT molecular complexity index is 824. The van der Waals surface area contributed by atoms with Gasteiger partial charge in [0.2, 0.25) is 5.91 Å². The first-order valence-corrected chi connectivity index (χ1v) is 10.5. The zero-order valence-electron chi connectivity index (χ0n) is 15.9. The van der Waals surface area contributed by atoms with Crippen LogP contribution in [0.2, 0.25) is 0 Å². The number of rotatable bonds is 3. The van der Waals surface area contributed by atoms with Gasteiger partial charge in [-0.25, -0.2) is 14.6 Å². The molecular formula is C18H26BrN7O. The molecule has 2 aliphatic heterocycles. The maximum Gasteiger partial charge on any atom is 0.239 e. The number of halogens is 1. The molecule has 27 heavy (non-hydrogen) atoms. The molecule has 1 atom stereocenters. The van der Waals surface area contributed by atoms with Crippen molar-refractivity contribution in [3.05, 3.63) is 10.9 Å². The number of carbonyl (C=O) groups is 1. The summed E-state index contributed by atoms with van der Waals surface area (Å²) in [7, 11) is 1.88. The highest BCUT2D eigenvalue weighted by Gasteiger charge is 2.30. The van der Waals surface area contributed by atoms with Crippen LogP contribution < -0.4 is 4.90 Å². The maximum absolute atomic E-state index is 12.8. The van der Waals surface area contributed by atoms with Gasteiger partial charge in [-0.1, -0.05) is 0 Å². The van der Waals surface area contributed by atoms with E-state index in [1.165, 1.54) is 6.42 Å². The summed E-state index contributed by atoms with van der Waals surface area (Å²) in [6.07, 6.45) is 5.11. The van der Waals surface area contributed by atoms with Crippen LogP contribution in [0.4, 0.5) is 5.82 Å². The number of likely N-dealkylation sites (tertiary alicyclic amines) is 1. The summed E-state index contributed by atoms with van der Waals surface area (Å²) in [5.41, 5.74) is 0.822. The summed E-state index contributed by atoms with van der Waals surface area (Å²) in [5, 5.41) is 5.36. The minimum atomic E-state index is -0.0548. The van der Waals surface area contributed by atoms with Crippen LogP contribution in [0.5, 0.6) is 0 Å². The average Bonchev–Trinajstić information content (AvgIpc) is 3.01. The lowest BCUT2D eigenvalue weighted by Crippen LogP contribution is -2.55. The van der Waals surface area contributed by atoms with Crippen LogP contribution in [0, 0.1) is 0 Å². The van der Waals surface area contributed by atoms with Gasteiger partial charge in [0, 0.05) is 46.3 Å². The number of aryl methyl sites for hydroxylation is 1. The van der Waals surface area contributed by atoms with Gasteiger partial charge >= 0.3 is 0 Å². The topological polar surface area (TPSA) is 70.4 Å². The number of fused-ring (bicyclic) bond motifs is 1. The Morgan fingerprint density at radius 3 is 2.48 bits per heavy atom. The second kappa shape index (κ2) is 7.71. The van der Waals surface area contributed by atoms with E-state index in [4.69, 9.17) is 0 Å². The Morgan fingerprint density at radius 1 is 1.07 bits per heavy atom. The quantitative estimate of drug-likeness (QED) is 0.729. The first kappa shape index (κ1) is 18.6. The van der Waals surface area contributed by atoms with E-state index >= 15 is 0 Å². The first-order valence-electron chi connectivity index (χ1n) is 9.67. The van der Waals surface area contributed by atoms with E-state index in [-0.39, 0.29) is 11.9 Å². The van der Waals surface area contributed by atoms with E-state index in [9.17, 15) is 4.79 Å². The zero-order chi connectivity index (χ0) is 19.0. The minimum Gasteiger partial charge on any atom is -0.353 e. The number of piperidine rings is 1. The van der Waals surface area contributed by atoms with Crippen molar-refractivity contribution >= 4 is 38.7 Å². The molecule has 2 aliphatic rings. The normalized spacial score (nSPS) is 20.3. The van der Waals surface area contributed by atoms with Crippen molar-refractivity contribution in [2.24, 2.45) is 7.05 Å². The Morgan fingerprint density at radius 2 is 1.78 bits per heavy atom. The lowest BCUT2D eigenvalue weighted by Gasteiger charge is -2.40. The van der Waals surface area contributed by atoms with Gasteiger partial charge in [-0.2, -0.15) is 5.10 Å². The van der Waals surface area contributed by atoms with Crippen molar-refractivity contribution in [1.29, 1.82) is 0 Å². The predicted octanol–water partition coefficient (Wildman–Crippen LogP) is 1.65. The number of amides is 1. The van der Waals surface area contributed by atoms with Crippen LogP contribution in [-0.2, 0) is 11.8 Å². The molecule has 4 heterocycles. The van der Waals surface area contributed by atoms with Gasteiger partial charge < -0.3 is 9.80 Å². The summed E-state index contributed by atoms with van der Waals surface area (Å²) in [6, 6.07) is -0.0548. The number of hydrogen-bond donors (Lipinski definition) is 0. The Kier molecular flexibility index (Phi) is 5.32. The molecule has 0 N–H and O–H groups in total. The fraction of sp³-hybridized carbons (Fsp3) is 0.667. The van der Waals surface area contributed by atoms with Gasteiger partial charge in [-0.3, -0.25) is 9.69 Å². The fourth-order valence-electron chi connectivity index (χ4n) is 4.12. The molecule has 1 unspecified atom stereocenters. The molecule has 146 valence electrons.